The predicted octanol–water partition coefficient (Wildman–Crippen LogP) is 3.79. The van der Waals surface area contributed by atoms with Crippen molar-refractivity contribution in [3.8, 4) is 11.5 Å². The van der Waals surface area contributed by atoms with Crippen molar-refractivity contribution in [2.45, 2.75) is 45.6 Å². The van der Waals surface area contributed by atoms with Crippen LogP contribution in [0.3, 0.4) is 0 Å². The highest BCUT2D eigenvalue weighted by Gasteiger charge is 2.09. The van der Waals surface area contributed by atoms with Crippen LogP contribution >= 0.6 is 12.4 Å². The summed E-state index contributed by atoms with van der Waals surface area (Å²) in [6.45, 7) is 4.62. The Balaban J connectivity index is 0.00000289. The minimum absolute atomic E-state index is 0. The molecule has 0 aromatic heterocycles. The highest BCUT2D eigenvalue weighted by molar-refractivity contribution is 5.85. The molecule has 0 radical (unpaired) electrons. The maximum atomic E-state index is 9.60. The lowest BCUT2D eigenvalue weighted by molar-refractivity contribution is 0.317. The topological polar surface area (TPSA) is 55.5 Å². The molecular weight excluding hydrogens is 250 g/mol. The molecule has 0 aliphatic carbocycles. The van der Waals surface area contributed by atoms with Crippen LogP contribution in [0.5, 0.6) is 11.5 Å². The van der Waals surface area contributed by atoms with Crippen LogP contribution in [0.1, 0.15) is 51.1 Å². The van der Waals surface area contributed by atoms with Crippen LogP contribution in [-0.2, 0) is 0 Å². The number of ether oxygens (including phenoxy) is 1. The molecule has 0 unspecified atom stereocenters. The molecular formula is C14H24ClNO2. The number of phenols is 1. The van der Waals surface area contributed by atoms with Crippen molar-refractivity contribution in [1.29, 1.82) is 0 Å². The van der Waals surface area contributed by atoms with E-state index in [0.29, 0.717) is 12.4 Å². The minimum atomic E-state index is 0. The summed E-state index contributed by atoms with van der Waals surface area (Å²) in [5.74, 6) is 0.701. The van der Waals surface area contributed by atoms with E-state index in [4.69, 9.17) is 10.5 Å². The largest absolute Gasteiger partial charge is 0.504 e. The van der Waals surface area contributed by atoms with Crippen LogP contribution in [0.15, 0.2) is 18.2 Å². The number of nitrogens with two attached hydrogens (primary N) is 1. The van der Waals surface area contributed by atoms with Gasteiger partial charge in [0.05, 0.1) is 6.61 Å². The highest BCUT2D eigenvalue weighted by atomic mass is 35.5. The van der Waals surface area contributed by atoms with Crippen LogP contribution in [0.2, 0.25) is 0 Å². The van der Waals surface area contributed by atoms with E-state index < -0.39 is 0 Å². The third-order valence-electron chi connectivity index (χ3n) is 2.83. The van der Waals surface area contributed by atoms with Gasteiger partial charge in [-0.25, -0.2) is 0 Å². The molecule has 0 heterocycles. The number of halogens is 1. The first-order valence-corrected chi connectivity index (χ1v) is 6.40. The number of aromatic hydroxyl groups is 1. The number of unbranched alkanes of at least 4 members (excludes halogenated alkanes) is 2. The Labute approximate surface area is 116 Å². The second kappa shape index (κ2) is 9.06. The van der Waals surface area contributed by atoms with Crippen molar-refractivity contribution < 1.29 is 9.84 Å². The Kier molecular flexibility index (Phi) is 8.59. The van der Waals surface area contributed by atoms with E-state index in [0.717, 1.165) is 18.4 Å². The second-order valence-electron chi connectivity index (χ2n) is 4.26. The van der Waals surface area contributed by atoms with Gasteiger partial charge in [-0.05, 0) is 31.0 Å². The van der Waals surface area contributed by atoms with Gasteiger partial charge in [-0.3, -0.25) is 0 Å². The van der Waals surface area contributed by atoms with Gasteiger partial charge >= 0.3 is 0 Å². The summed E-state index contributed by atoms with van der Waals surface area (Å²) < 4.78 is 5.35. The number of benzene rings is 1. The maximum absolute atomic E-state index is 9.60. The molecule has 1 aromatic rings. The summed E-state index contributed by atoms with van der Waals surface area (Å²) in [7, 11) is 0. The lowest BCUT2D eigenvalue weighted by atomic mass is 10.0. The molecule has 0 spiro atoms. The van der Waals surface area contributed by atoms with Gasteiger partial charge in [0.25, 0.3) is 0 Å². The minimum Gasteiger partial charge on any atom is -0.504 e. The van der Waals surface area contributed by atoms with E-state index in [1.165, 1.54) is 12.8 Å². The average Bonchev–Trinajstić information content (AvgIpc) is 2.32. The van der Waals surface area contributed by atoms with Gasteiger partial charge in [-0.15, -0.1) is 12.4 Å². The summed E-state index contributed by atoms with van der Waals surface area (Å²) >= 11 is 0. The van der Waals surface area contributed by atoms with Crippen LogP contribution in [0.4, 0.5) is 0 Å². The quantitative estimate of drug-likeness (QED) is 0.743. The first-order valence-electron chi connectivity index (χ1n) is 6.40. The molecule has 0 saturated heterocycles. The summed E-state index contributed by atoms with van der Waals surface area (Å²) in [5.41, 5.74) is 7.14. The molecule has 0 aliphatic heterocycles. The lowest BCUT2D eigenvalue weighted by Gasteiger charge is -2.14. The van der Waals surface area contributed by atoms with Crippen LogP contribution in [-0.4, -0.2) is 11.7 Å². The zero-order valence-corrected chi connectivity index (χ0v) is 12.0. The van der Waals surface area contributed by atoms with Crippen molar-refractivity contribution in [3.63, 3.8) is 0 Å². The monoisotopic (exact) mass is 273 g/mol. The van der Waals surface area contributed by atoms with Crippen molar-refractivity contribution in [1.82, 2.24) is 0 Å². The van der Waals surface area contributed by atoms with E-state index >= 15 is 0 Å². The molecule has 0 fully saturated rings. The Morgan fingerprint density at radius 1 is 1.28 bits per heavy atom. The second-order valence-corrected chi connectivity index (χ2v) is 4.26. The number of hydrogen-bond acceptors (Lipinski definition) is 3. The molecule has 3 nitrogen and oxygen atoms in total. The smallest absolute Gasteiger partial charge is 0.161 e. The predicted molar refractivity (Wildman–Crippen MR) is 77.6 cm³/mol. The van der Waals surface area contributed by atoms with E-state index in [1.807, 2.05) is 19.1 Å². The summed E-state index contributed by atoms with van der Waals surface area (Å²) in [6, 6.07) is 5.39. The average molecular weight is 274 g/mol. The van der Waals surface area contributed by atoms with Crippen molar-refractivity contribution in [2.24, 2.45) is 5.73 Å². The highest BCUT2D eigenvalue weighted by Crippen LogP contribution is 2.30. The maximum Gasteiger partial charge on any atom is 0.161 e. The molecule has 104 valence electrons. The van der Waals surface area contributed by atoms with Crippen molar-refractivity contribution in [2.75, 3.05) is 6.61 Å². The first kappa shape index (κ1) is 17.1. The van der Waals surface area contributed by atoms with Gasteiger partial charge in [0, 0.05) is 6.04 Å². The zero-order chi connectivity index (χ0) is 12.7. The zero-order valence-electron chi connectivity index (χ0n) is 11.2. The van der Waals surface area contributed by atoms with Crippen LogP contribution in [0, 0.1) is 0 Å². The Hall–Kier alpha value is -0.930. The fourth-order valence-electron chi connectivity index (χ4n) is 1.81. The van der Waals surface area contributed by atoms with E-state index in [2.05, 4.69) is 6.92 Å². The fraction of sp³-hybridized carbons (Fsp3) is 0.571. The Morgan fingerprint density at radius 2 is 2.00 bits per heavy atom. The van der Waals surface area contributed by atoms with E-state index in [-0.39, 0.29) is 24.2 Å². The third-order valence-corrected chi connectivity index (χ3v) is 2.83. The molecule has 1 atom stereocenters. The molecule has 4 heteroatoms. The molecule has 18 heavy (non-hydrogen) atoms. The number of rotatable bonds is 7. The standard InChI is InChI=1S/C14H23NO2.ClH/c1-3-5-6-7-12(15)11-8-9-13(16)14(10-11)17-4-2;/h8-10,12,16H,3-7,15H2,1-2H3;1H/t12-;/m1./s1. The van der Waals surface area contributed by atoms with E-state index in [1.54, 1.807) is 6.07 Å². The summed E-state index contributed by atoms with van der Waals surface area (Å²) in [5, 5.41) is 9.60. The molecule has 0 aliphatic rings. The fourth-order valence-corrected chi connectivity index (χ4v) is 1.81. The number of hydrogen-bond donors (Lipinski definition) is 2. The lowest BCUT2D eigenvalue weighted by Crippen LogP contribution is -2.10. The van der Waals surface area contributed by atoms with Crippen molar-refractivity contribution >= 4 is 12.4 Å². The van der Waals surface area contributed by atoms with Crippen molar-refractivity contribution in [3.05, 3.63) is 23.8 Å². The Bertz CT molecular complexity index is 345. The van der Waals surface area contributed by atoms with Gasteiger partial charge in [-0.1, -0.05) is 32.3 Å². The SMILES string of the molecule is CCCCC[C@@H](N)c1ccc(O)c(OCC)c1.Cl. The van der Waals surface area contributed by atoms with Crippen LogP contribution < -0.4 is 10.5 Å². The first-order chi connectivity index (χ1) is 8.19. The molecule has 3 N–H and O–H groups in total. The van der Waals surface area contributed by atoms with E-state index in [9.17, 15) is 5.11 Å². The summed E-state index contributed by atoms with van der Waals surface area (Å²) in [4.78, 5) is 0. The normalized spacial score (nSPS) is 11.7. The summed E-state index contributed by atoms with van der Waals surface area (Å²) in [6.07, 6.45) is 4.53. The number of phenolic OH excluding ortho intramolecular Hbond substituents is 1. The molecule has 1 rings (SSSR count). The molecule has 0 bridgehead atoms. The molecule has 1 aromatic carbocycles. The van der Waals surface area contributed by atoms with Gasteiger partial charge in [0.2, 0.25) is 0 Å². The van der Waals surface area contributed by atoms with Gasteiger partial charge in [-0.2, -0.15) is 0 Å². The van der Waals surface area contributed by atoms with Gasteiger partial charge in [0.1, 0.15) is 0 Å². The Morgan fingerprint density at radius 3 is 2.61 bits per heavy atom. The van der Waals surface area contributed by atoms with Gasteiger partial charge in [0.15, 0.2) is 11.5 Å². The molecule has 0 amide bonds. The van der Waals surface area contributed by atoms with Gasteiger partial charge < -0.3 is 15.6 Å². The van der Waals surface area contributed by atoms with Crippen LogP contribution in [0.25, 0.3) is 0 Å². The third kappa shape index (κ3) is 5.15. The molecule has 0 saturated carbocycles.